The van der Waals surface area contributed by atoms with Crippen LogP contribution in [0.1, 0.15) is 38.7 Å². The fourth-order valence-electron chi connectivity index (χ4n) is 3.54. The first-order valence-electron chi connectivity index (χ1n) is 9.44. The molecule has 0 aromatic heterocycles. The van der Waals surface area contributed by atoms with E-state index in [2.05, 4.69) is 5.32 Å². The highest BCUT2D eigenvalue weighted by molar-refractivity contribution is 5.76. The number of likely N-dealkylation sites (tertiary alicyclic amines) is 1. The maximum absolute atomic E-state index is 12.3. The highest BCUT2D eigenvalue weighted by atomic mass is 16.5. The number of hydrogen-bond donors (Lipinski definition) is 2. The highest BCUT2D eigenvalue weighted by Crippen LogP contribution is 2.18. The first-order chi connectivity index (χ1) is 12.5. The second-order valence-corrected chi connectivity index (χ2v) is 6.89. The van der Waals surface area contributed by atoms with E-state index in [4.69, 9.17) is 4.74 Å². The Morgan fingerprint density at radius 3 is 2.73 bits per heavy atom. The lowest BCUT2D eigenvalue weighted by Crippen LogP contribution is -2.49. The minimum Gasteiger partial charge on any atom is -0.480 e. The minimum atomic E-state index is -0.763. The number of carbonyl (C=O) groups is 2. The van der Waals surface area contributed by atoms with E-state index in [1.54, 1.807) is 6.92 Å². The summed E-state index contributed by atoms with van der Waals surface area (Å²) in [5.41, 5.74) is 1.18. The molecule has 2 N–H and O–H groups in total. The highest BCUT2D eigenvalue weighted by Gasteiger charge is 2.32. The van der Waals surface area contributed by atoms with E-state index < -0.39 is 18.1 Å². The van der Waals surface area contributed by atoms with Crippen LogP contribution in [0, 0.1) is 0 Å². The predicted molar refractivity (Wildman–Crippen MR) is 100 cm³/mol. The Labute approximate surface area is 155 Å². The fourth-order valence-corrected chi connectivity index (χ4v) is 3.54. The summed E-state index contributed by atoms with van der Waals surface area (Å²) >= 11 is 0. The number of nitrogens with one attached hydrogen (secondary N) is 1. The van der Waals surface area contributed by atoms with Crippen molar-refractivity contribution in [3.8, 4) is 0 Å². The van der Waals surface area contributed by atoms with Gasteiger partial charge in [0.1, 0.15) is 12.1 Å². The van der Waals surface area contributed by atoms with Gasteiger partial charge in [-0.25, -0.2) is 0 Å². The Kier molecular flexibility index (Phi) is 8.06. The maximum atomic E-state index is 12.3. The molecule has 6 nitrogen and oxygen atoms in total. The van der Waals surface area contributed by atoms with Crippen LogP contribution in [0.25, 0.3) is 0 Å². The summed E-state index contributed by atoms with van der Waals surface area (Å²) < 4.78 is 5.21. The topological polar surface area (TPSA) is 78.9 Å². The largest absolute Gasteiger partial charge is 0.480 e. The normalized spacial score (nSPS) is 19.8. The third-order valence-electron chi connectivity index (χ3n) is 4.78. The molecular formula is C20H30N2O4. The molecule has 0 spiro atoms. The number of hydrogen-bond acceptors (Lipinski definition) is 5. The van der Waals surface area contributed by atoms with Crippen molar-refractivity contribution in [1.29, 1.82) is 0 Å². The fraction of sp³-hybridized carbons (Fsp3) is 0.600. The second-order valence-electron chi connectivity index (χ2n) is 6.89. The zero-order valence-corrected chi connectivity index (χ0v) is 15.7. The lowest BCUT2D eigenvalue weighted by atomic mass is 10.0. The molecule has 0 radical (unpaired) electrons. The van der Waals surface area contributed by atoms with Crippen molar-refractivity contribution >= 4 is 11.9 Å². The number of aliphatic carboxylic acids is 1. The van der Waals surface area contributed by atoms with Gasteiger partial charge in [0.05, 0.1) is 6.61 Å². The number of benzene rings is 1. The lowest BCUT2D eigenvalue weighted by molar-refractivity contribution is -0.146. The number of nitrogens with zero attached hydrogens (tertiary/aromatic N) is 1. The molecule has 1 fully saturated rings. The molecule has 1 aliphatic heterocycles. The molecule has 1 saturated heterocycles. The van der Waals surface area contributed by atoms with Gasteiger partial charge in [-0.2, -0.15) is 0 Å². The van der Waals surface area contributed by atoms with Crippen LogP contribution in [0.4, 0.5) is 0 Å². The Morgan fingerprint density at radius 1 is 1.35 bits per heavy atom. The Bertz CT molecular complexity index is 578. The molecule has 1 heterocycles. The van der Waals surface area contributed by atoms with Gasteiger partial charge in [0.2, 0.25) is 0 Å². The van der Waals surface area contributed by atoms with Crippen molar-refractivity contribution in [3.05, 3.63) is 35.9 Å². The number of esters is 1. The zero-order chi connectivity index (χ0) is 18.9. The molecule has 0 saturated carbocycles. The average Bonchev–Trinajstić information content (AvgIpc) is 3.08. The predicted octanol–water partition coefficient (Wildman–Crippen LogP) is 2.08. The van der Waals surface area contributed by atoms with Gasteiger partial charge in [-0.15, -0.1) is 0 Å². The smallest absolute Gasteiger partial charge is 0.323 e. The van der Waals surface area contributed by atoms with Crippen LogP contribution in [0.15, 0.2) is 30.3 Å². The van der Waals surface area contributed by atoms with Crippen LogP contribution in [0.3, 0.4) is 0 Å². The molecule has 144 valence electrons. The molecule has 0 amide bonds. The number of ether oxygens (including phenoxy) is 1. The number of aryl methyl sites for hydroxylation is 1. The van der Waals surface area contributed by atoms with Crippen LogP contribution in [-0.4, -0.2) is 59.8 Å². The third-order valence-corrected chi connectivity index (χ3v) is 4.78. The molecule has 6 heteroatoms. The van der Waals surface area contributed by atoms with E-state index in [0.29, 0.717) is 26.0 Å². The summed E-state index contributed by atoms with van der Waals surface area (Å²) in [5, 5.41) is 12.7. The Hall–Kier alpha value is -1.92. The Morgan fingerprint density at radius 2 is 2.08 bits per heavy atom. The van der Waals surface area contributed by atoms with Crippen molar-refractivity contribution in [3.63, 3.8) is 0 Å². The molecule has 3 atom stereocenters. The van der Waals surface area contributed by atoms with E-state index in [-0.39, 0.29) is 12.0 Å². The zero-order valence-electron chi connectivity index (χ0n) is 15.7. The molecule has 1 aliphatic rings. The van der Waals surface area contributed by atoms with Gasteiger partial charge >= 0.3 is 11.9 Å². The van der Waals surface area contributed by atoms with E-state index in [1.807, 2.05) is 42.2 Å². The molecule has 1 aromatic rings. The summed E-state index contributed by atoms with van der Waals surface area (Å²) in [6, 6.07) is 9.25. The van der Waals surface area contributed by atoms with Crippen molar-refractivity contribution in [2.75, 3.05) is 19.7 Å². The van der Waals surface area contributed by atoms with Crippen LogP contribution in [0.5, 0.6) is 0 Å². The summed E-state index contributed by atoms with van der Waals surface area (Å²) in [7, 11) is 0. The molecule has 1 aromatic carbocycles. The third kappa shape index (κ3) is 6.11. The molecule has 2 rings (SSSR count). The van der Waals surface area contributed by atoms with Gasteiger partial charge in [0.25, 0.3) is 0 Å². The number of carbonyl (C=O) groups excluding carboxylic acids is 1. The van der Waals surface area contributed by atoms with Crippen LogP contribution in [-0.2, 0) is 20.7 Å². The van der Waals surface area contributed by atoms with Gasteiger partial charge < -0.3 is 15.2 Å². The van der Waals surface area contributed by atoms with Crippen LogP contribution < -0.4 is 5.32 Å². The first kappa shape index (κ1) is 20.4. The van der Waals surface area contributed by atoms with E-state index >= 15 is 0 Å². The summed E-state index contributed by atoms with van der Waals surface area (Å²) in [6.45, 7) is 5.54. The summed E-state index contributed by atoms with van der Waals surface area (Å²) in [6.07, 6.45) is 3.03. The Balaban J connectivity index is 1.92. The van der Waals surface area contributed by atoms with E-state index in [0.717, 1.165) is 19.4 Å². The quantitative estimate of drug-likeness (QED) is 0.621. The monoisotopic (exact) mass is 362 g/mol. The van der Waals surface area contributed by atoms with Crippen LogP contribution in [0.2, 0.25) is 0 Å². The standard InChI is InChI=1S/C20H30N2O4/c1-3-26-20(25)17(12-11-16-8-5-4-6-9-16)21-15(2)14-22-13-7-10-18(22)19(23)24/h4-6,8-9,15,17-18,21H,3,7,10-14H2,1-2H3,(H,23,24)/t15-,17-,18-/m0/s1. The average molecular weight is 362 g/mol. The van der Waals surface area contributed by atoms with Gasteiger partial charge in [-0.05, 0) is 51.6 Å². The molecule has 0 unspecified atom stereocenters. The van der Waals surface area contributed by atoms with Crippen LogP contribution >= 0.6 is 0 Å². The van der Waals surface area contributed by atoms with Crippen molar-refractivity contribution in [2.45, 2.75) is 57.7 Å². The minimum absolute atomic E-state index is 0.000120. The maximum Gasteiger partial charge on any atom is 0.323 e. The second kappa shape index (κ2) is 10.3. The number of rotatable bonds is 10. The molecule has 0 bridgehead atoms. The molecular weight excluding hydrogens is 332 g/mol. The van der Waals surface area contributed by atoms with Crippen molar-refractivity contribution < 1.29 is 19.4 Å². The summed E-state index contributed by atoms with van der Waals surface area (Å²) in [4.78, 5) is 25.6. The number of carboxylic acids is 1. The van der Waals surface area contributed by atoms with Gasteiger partial charge in [-0.1, -0.05) is 30.3 Å². The van der Waals surface area contributed by atoms with Gasteiger partial charge in [0, 0.05) is 12.6 Å². The van der Waals surface area contributed by atoms with Crippen molar-refractivity contribution in [2.24, 2.45) is 0 Å². The van der Waals surface area contributed by atoms with E-state index in [9.17, 15) is 14.7 Å². The van der Waals surface area contributed by atoms with Gasteiger partial charge in [0.15, 0.2) is 0 Å². The van der Waals surface area contributed by atoms with Crippen molar-refractivity contribution in [1.82, 2.24) is 10.2 Å². The molecule has 0 aliphatic carbocycles. The molecule has 26 heavy (non-hydrogen) atoms. The number of carboxylic acid groups (broad SMARTS) is 1. The van der Waals surface area contributed by atoms with E-state index in [1.165, 1.54) is 5.56 Å². The van der Waals surface area contributed by atoms with Gasteiger partial charge in [-0.3, -0.25) is 14.5 Å². The first-order valence-corrected chi connectivity index (χ1v) is 9.44. The SMILES string of the molecule is CCOC(=O)[C@H](CCc1ccccc1)N[C@@H](C)CN1CCC[C@H]1C(=O)O. The lowest BCUT2D eigenvalue weighted by Gasteiger charge is -2.28. The summed E-state index contributed by atoms with van der Waals surface area (Å²) in [5.74, 6) is -1.01.